The van der Waals surface area contributed by atoms with Crippen LogP contribution in [0.3, 0.4) is 0 Å². The van der Waals surface area contributed by atoms with Crippen LogP contribution < -0.4 is 11.5 Å². The van der Waals surface area contributed by atoms with Crippen molar-refractivity contribution in [3.05, 3.63) is 104 Å². The van der Waals surface area contributed by atoms with Crippen LogP contribution in [0, 0.1) is 100 Å². The Morgan fingerprint density at radius 2 is 0.416 bits per heavy atom. The molecule has 12 unspecified atom stereocenters. The summed E-state index contributed by atoms with van der Waals surface area (Å²) >= 11 is 0. The van der Waals surface area contributed by atoms with Crippen molar-refractivity contribution in [1.29, 1.82) is 0 Å². The van der Waals surface area contributed by atoms with E-state index >= 15 is 0 Å². The number of anilines is 2. The number of nitrogen functional groups attached to an aromatic ring is 2. The number of hydrogen-bond donors (Lipinski definition) is 4. The first-order valence-electron chi connectivity index (χ1n) is 42.8. The molecule has 24 saturated carbocycles. The second-order valence-corrected chi connectivity index (χ2v) is 50.0. The maximum absolute atomic E-state index is 13.7. The van der Waals surface area contributed by atoms with Gasteiger partial charge in [0, 0.05) is 22.0 Å². The summed E-state index contributed by atoms with van der Waals surface area (Å²) in [4.78, 5) is 0. The van der Waals surface area contributed by atoms with Gasteiger partial charge in [0.2, 0.25) is 0 Å². The van der Waals surface area contributed by atoms with Crippen molar-refractivity contribution in [2.75, 3.05) is 11.5 Å². The molecule has 538 valence electrons. The highest BCUT2D eigenvalue weighted by molar-refractivity contribution is 5.93. The molecule has 12 atom stereocenters. The molecular formula is C97H128N2O2. The van der Waals surface area contributed by atoms with Gasteiger partial charge in [-0.05, 0) is 433 Å². The minimum absolute atomic E-state index is 0.0252. The van der Waals surface area contributed by atoms with E-state index in [0.717, 1.165) is 73.3 Å². The molecule has 0 amide bonds. The van der Waals surface area contributed by atoms with Gasteiger partial charge in [0.05, 0.1) is 16.8 Å². The lowest BCUT2D eigenvalue weighted by Crippen LogP contribution is -2.58. The highest BCUT2D eigenvalue weighted by Crippen LogP contribution is 2.81. The standard InChI is InChI=1S/C97H128N2O2/c1-79-21-57-22-80(2,39-79)46-91(33-57,45-79)63-13-67(93-35-59-25-83(5,49-93)41-84(6,26-59)50-93)75-69(15-63)97(65-17-71(77(100)73(98)19-65)95-37-61-29-87(9,53-95)43-88(10,30-61)54-95,66-18-72(78(101)74(99)20-66)96-38-62-31-89(11,55-96)44-90(12,32-62)56-96)70-16-64(92-34-58-23-81(3,47-92)40-82(4,24-58)48-92)14-68(76(70)75)94-36-60-27-85(7,51-94)42-86(8,28-60)52-94/h13-20,57-62,100-101H,21-56,98-99H2,1-12H3. The maximum Gasteiger partial charge on any atom is 0.142 e. The second-order valence-electron chi connectivity index (χ2n) is 50.0. The van der Waals surface area contributed by atoms with Crippen LogP contribution in [0.4, 0.5) is 11.4 Å². The molecule has 4 nitrogen and oxygen atoms in total. The van der Waals surface area contributed by atoms with E-state index in [4.69, 9.17) is 11.5 Å². The van der Waals surface area contributed by atoms with Gasteiger partial charge in [0.25, 0.3) is 0 Å². The summed E-state index contributed by atoms with van der Waals surface area (Å²) in [5.74, 6) is 5.01. The van der Waals surface area contributed by atoms with Gasteiger partial charge in [0.15, 0.2) is 0 Å². The average molecular weight is 1350 g/mol. The molecule has 0 spiro atoms. The molecule has 4 aromatic rings. The number of benzene rings is 4. The Hall–Kier alpha value is -3.92. The topological polar surface area (TPSA) is 92.5 Å². The first-order chi connectivity index (χ1) is 47.2. The number of aromatic hydroxyl groups is 2. The van der Waals surface area contributed by atoms with Crippen LogP contribution in [-0.4, -0.2) is 10.2 Å². The molecule has 4 heteroatoms. The van der Waals surface area contributed by atoms with Crippen LogP contribution in [0.5, 0.6) is 11.5 Å². The number of hydrogen-bond acceptors (Lipinski definition) is 4. The second kappa shape index (κ2) is 17.9. The number of nitrogens with two attached hydrogens (primary N) is 2. The van der Waals surface area contributed by atoms with Gasteiger partial charge in [-0.1, -0.05) is 107 Å². The Kier molecular flexibility index (Phi) is 11.2. The first kappa shape index (κ1) is 63.2. The molecule has 24 fully saturated rings. The van der Waals surface area contributed by atoms with Gasteiger partial charge in [0.1, 0.15) is 11.5 Å². The Bertz CT molecular complexity index is 4070. The van der Waals surface area contributed by atoms with Gasteiger partial charge >= 0.3 is 0 Å². The normalized spacial score (nSPS) is 55.0. The SMILES string of the molecule is CC12CC3CC(C)(C1)CC(c1cc(C45CC6CC(C)(CC(C)(C6)C4)C5)c4c(c1)C(c1cc(N)c(O)c(C56CC7CC(C)(CC(C)(C7)C5)C6)c1)(c1cc(N)c(O)c(C56CC7CC(C)(CC(C)(C7)C5)C6)c1)c1cc(C56CC7CC(C)(CC(C)(C7)C5)C6)cc(C56CC7CC(C)(CC(C)(C7)C5)C6)c1-4)(C3)C2. The summed E-state index contributed by atoms with van der Waals surface area (Å²) in [5.41, 5.74) is 37.9. The van der Waals surface area contributed by atoms with E-state index < -0.39 is 5.41 Å². The average Bonchev–Trinajstić information content (AvgIpc) is 1.50. The number of rotatable bonds is 8. The molecule has 24 bridgehead atoms. The summed E-state index contributed by atoms with van der Waals surface area (Å²) in [6, 6.07) is 22.6. The summed E-state index contributed by atoms with van der Waals surface area (Å²) in [7, 11) is 0. The minimum atomic E-state index is -0.891. The Balaban J connectivity index is 0.907. The molecule has 0 saturated heterocycles. The molecule has 29 rings (SSSR count). The summed E-state index contributed by atoms with van der Waals surface area (Å²) in [6.07, 6.45) is 46.7. The zero-order chi connectivity index (χ0) is 69.3. The lowest BCUT2D eigenvalue weighted by atomic mass is 9.37. The van der Waals surface area contributed by atoms with E-state index in [1.165, 1.54) is 204 Å². The van der Waals surface area contributed by atoms with E-state index in [2.05, 4.69) is 132 Å². The van der Waals surface area contributed by atoms with E-state index in [1.807, 2.05) is 0 Å². The molecule has 101 heavy (non-hydrogen) atoms. The van der Waals surface area contributed by atoms with Gasteiger partial charge in [-0.3, -0.25) is 0 Å². The monoisotopic (exact) mass is 1350 g/mol. The van der Waals surface area contributed by atoms with E-state index in [1.54, 1.807) is 44.5 Å². The lowest BCUT2D eigenvalue weighted by Gasteiger charge is -2.67. The van der Waals surface area contributed by atoms with Crippen LogP contribution >= 0.6 is 0 Å². The van der Waals surface area contributed by atoms with Crippen molar-refractivity contribution in [3.63, 3.8) is 0 Å². The molecule has 0 heterocycles. The number of phenols is 2. The van der Waals surface area contributed by atoms with Crippen LogP contribution in [0.25, 0.3) is 11.1 Å². The molecule has 0 aliphatic heterocycles. The van der Waals surface area contributed by atoms with Crippen molar-refractivity contribution in [2.24, 2.45) is 100 Å². The Labute approximate surface area is 608 Å². The van der Waals surface area contributed by atoms with E-state index in [9.17, 15) is 10.2 Å². The number of phenolic OH excluding ortho intramolecular Hbond substituents is 2. The summed E-state index contributed by atoms with van der Waals surface area (Å²) in [6.45, 7) is 32.7. The van der Waals surface area contributed by atoms with Crippen LogP contribution in [-0.2, 0) is 37.9 Å². The van der Waals surface area contributed by atoms with Crippen LogP contribution in [0.1, 0.15) is 370 Å². The zero-order valence-corrected chi connectivity index (χ0v) is 65.1. The molecule has 6 N–H and O–H groups in total. The fourth-order valence-corrected chi connectivity index (χ4v) is 41.9. The van der Waals surface area contributed by atoms with Crippen molar-refractivity contribution in [2.45, 2.75) is 352 Å². The van der Waals surface area contributed by atoms with Gasteiger partial charge in [-0.2, -0.15) is 0 Å². The first-order valence-corrected chi connectivity index (χ1v) is 42.8. The quantitative estimate of drug-likeness (QED) is 0.0920. The number of fused-ring (bicyclic) bond motifs is 3. The Morgan fingerprint density at radius 3 is 0.644 bits per heavy atom. The Morgan fingerprint density at radius 1 is 0.228 bits per heavy atom. The van der Waals surface area contributed by atoms with Gasteiger partial charge in [-0.15, -0.1) is 0 Å². The van der Waals surface area contributed by atoms with E-state index in [0.29, 0.717) is 78.0 Å². The smallest absolute Gasteiger partial charge is 0.142 e. The molecule has 25 aliphatic rings. The summed E-state index contributed by atoms with van der Waals surface area (Å²) in [5, 5.41) is 27.4. The fourth-order valence-electron chi connectivity index (χ4n) is 41.9. The van der Waals surface area contributed by atoms with Crippen molar-refractivity contribution in [3.8, 4) is 22.6 Å². The highest BCUT2D eigenvalue weighted by atomic mass is 16.3. The van der Waals surface area contributed by atoms with Crippen LogP contribution in [0.2, 0.25) is 0 Å². The molecular weight excluding hydrogens is 1230 g/mol. The summed E-state index contributed by atoms with van der Waals surface area (Å²) < 4.78 is 0. The van der Waals surface area contributed by atoms with Crippen molar-refractivity contribution >= 4 is 11.4 Å². The third-order valence-corrected chi connectivity index (χ3v) is 37.7. The van der Waals surface area contributed by atoms with Crippen molar-refractivity contribution < 1.29 is 10.2 Å². The van der Waals surface area contributed by atoms with Crippen LogP contribution in [0.15, 0.2) is 48.5 Å². The van der Waals surface area contributed by atoms with Gasteiger partial charge < -0.3 is 21.7 Å². The highest BCUT2D eigenvalue weighted by Gasteiger charge is 2.70. The predicted octanol–water partition coefficient (Wildman–Crippen LogP) is 24.1. The lowest BCUT2D eigenvalue weighted by molar-refractivity contribution is -0.112. The zero-order valence-electron chi connectivity index (χ0n) is 65.1. The van der Waals surface area contributed by atoms with E-state index in [-0.39, 0.29) is 54.1 Å². The van der Waals surface area contributed by atoms with Gasteiger partial charge in [-0.25, -0.2) is 0 Å². The maximum atomic E-state index is 13.7. The predicted molar refractivity (Wildman–Crippen MR) is 410 cm³/mol. The largest absolute Gasteiger partial charge is 0.505 e. The molecule has 0 radical (unpaired) electrons. The minimum Gasteiger partial charge on any atom is -0.505 e. The molecule has 25 aliphatic carbocycles. The fraction of sp³-hybridized carbons (Fsp3) is 0.753. The van der Waals surface area contributed by atoms with Crippen molar-refractivity contribution in [1.82, 2.24) is 0 Å². The molecule has 4 aromatic carbocycles. The molecule has 0 aromatic heterocycles. The third kappa shape index (κ3) is 8.20. The third-order valence-electron chi connectivity index (χ3n) is 37.7.